The number of aliphatic hydroxyl groups excluding tert-OH is 1. The molecule has 1 heterocycles. The van der Waals surface area contributed by atoms with Gasteiger partial charge in [-0.25, -0.2) is 0 Å². The monoisotopic (exact) mass is 293 g/mol. The van der Waals surface area contributed by atoms with Gasteiger partial charge < -0.3 is 19.5 Å². The zero-order valence-electron chi connectivity index (χ0n) is 13.6. The van der Waals surface area contributed by atoms with E-state index in [0.29, 0.717) is 0 Å². The minimum atomic E-state index is -0.284. The number of likely N-dealkylation sites (N-methyl/N-ethyl adjacent to an activating group) is 1. The second kappa shape index (κ2) is 6.67. The van der Waals surface area contributed by atoms with Crippen molar-refractivity contribution < 1.29 is 14.6 Å². The molecule has 0 bridgehead atoms. The Bertz CT molecular complexity index is 473. The molecule has 0 aromatic heterocycles. The first-order valence-corrected chi connectivity index (χ1v) is 7.61. The number of methoxy groups -OCH3 is 1. The number of hydrogen-bond acceptors (Lipinski definition) is 4. The van der Waals surface area contributed by atoms with E-state index in [9.17, 15) is 5.11 Å². The summed E-state index contributed by atoms with van der Waals surface area (Å²) >= 11 is 0. The number of aliphatic hydroxyl groups is 1. The van der Waals surface area contributed by atoms with Crippen LogP contribution in [0.1, 0.15) is 32.3 Å². The van der Waals surface area contributed by atoms with Gasteiger partial charge in [-0.15, -0.1) is 0 Å². The van der Waals surface area contributed by atoms with Crippen LogP contribution in [0.3, 0.4) is 0 Å². The summed E-state index contributed by atoms with van der Waals surface area (Å²) in [6.45, 7) is 6.22. The van der Waals surface area contributed by atoms with Crippen LogP contribution in [0.4, 0.5) is 0 Å². The molecule has 1 aromatic carbocycles. The lowest BCUT2D eigenvalue weighted by Gasteiger charge is -2.31. The third-order valence-electron chi connectivity index (χ3n) is 4.22. The number of piperidine rings is 1. The predicted molar refractivity (Wildman–Crippen MR) is 84.3 cm³/mol. The van der Waals surface area contributed by atoms with Crippen molar-refractivity contribution in [3.63, 3.8) is 0 Å². The SMILES string of the molecule is COc1ccc(C(C)(C)CO)cc1OC1CCCN(C)C1. The molecule has 1 unspecified atom stereocenters. The van der Waals surface area contributed by atoms with Crippen molar-refractivity contribution in [1.29, 1.82) is 0 Å². The van der Waals surface area contributed by atoms with Gasteiger partial charge in [-0.2, -0.15) is 0 Å². The number of ether oxygens (including phenoxy) is 2. The molecular formula is C17H27NO3. The van der Waals surface area contributed by atoms with Gasteiger partial charge in [0.1, 0.15) is 6.10 Å². The molecule has 21 heavy (non-hydrogen) atoms. The first kappa shape index (κ1) is 16.1. The minimum absolute atomic E-state index is 0.102. The smallest absolute Gasteiger partial charge is 0.161 e. The highest BCUT2D eigenvalue weighted by Crippen LogP contribution is 2.34. The summed E-state index contributed by atoms with van der Waals surface area (Å²) in [7, 11) is 3.78. The zero-order chi connectivity index (χ0) is 15.5. The summed E-state index contributed by atoms with van der Waals surface area (Å²) in [4.78, 5) is 2.29. The molecule has 0 aliphatic carbocycles. The first-order valence-electron chi connectivity index (χ1n) is 7.61. The molecule has 118 valence electrons. The lowest BCUT2D eigenvalue weighted by atomic mass is 9.85. The number of hydrogen-bond donors (Lipinski definition) is 1. The quantitative estimate of drug-likeness (QED) is 0.905. The highest BCUT2D eigenvalue weighted by molar-refractivity contribution is 5.45. The predicted octanol–water partition coefficient (Wildman–Crippen LogP) is 2.44. The van der Waals surface area contributed by atoms with Crippen molar-refractivity contribution in [2.75, 3.05) is 33.9 Å². The van der Waals surface area contributed by atoms with Gasteiger partial charge in [-0.3, -0.25) is 0 Å². The summed E-state index contributed by atoms with van der Waals surface area (Å²) in [5.74, 6) is 1.53. The van der Waals surface area contributed by atoms with Gasteiger partial charge in [0, 0.05) is 12.0 Å². The topological polar surface area (TPSA) is 41.9 Å². The van der Waals surface area contributed by atoms with Crippen LogP contribution in [0.5, 0.6) is 11.5 Å². The molecule has 0 amide bonds. The van der Waals surface area contributed by atoms with E-state index in [-0.39, 0.29) is 18.1 Å². The third kappa shape index (κ3) is 3.89. The van der Waals surface area contributed by atoms with E-state index in [1.165, 1.54) is 0 Å². The summed E-state index contributed by atoms with van der Waals surface area (Å²) in [6.07, 6.45) is 2.43. The molecule has 1 aliphatic rings. The fourth-order valence-corrected chi connectivity index (χ4v) is 2.68. The Hall–Kier alpha value is -1.26. The molecule has 0 saturated carbocycles. The first-order chi connectivity index (χ1) is 9.96. The van der Waals surface area contributed by atoms with Crippen LogP contribution in [0, 0.1) is 0 Å². The molecular weight excluding hydrogens is 266 g/mol. The van der Waals surface area contributed by atoms with E-state index >= 15 is 0 Å². The molecule has 1 aliphatic heterocycles. The van der Waals surface area contributed by atoms with Crippen LogP contribution >= 0.6 is 0 Å². The van der Waals surface area contributed by atoms with E-state index < -0.39 is 0 Å². The maximum Gasteiger partial charge on any atom is 0.161 e. The van der Waals surface area contributed by atoms with Crippen LogP contribution in [0.15, 0.2) is 18.2 Å². The van der Waals surface area contributed by atoms with Crippen LogP contribution in [-0.4, -0.2) is 50.0 Å². The van der Waals surface area contributed by atoms with Crippen molar-refractivity contribution in [2.45, 2.75) is 38.2 Å². The molecule has 4 nitrogen and oxygen atoms in total. The second-order valence-corrected chi connectivity index (χ2v) is 6.55. The van der Waals surface area contributed by atoms with Crippen molar-refractivity contribution >= 4 is 0 Å². The molecule has 4 heteroatoms. The molecule has 1 aromatic rings. The Kier molecular flexibility index (Phi) is 5.12. The van der Waals surface area contributed by atoms with Gasteiger partial charge in [0.25, 0.3) is 0 Å². The molecule has 1 fully saturated rings. The Morgan fingerprint density at radius 2 is 2.10 bits per heavy atom. The number of benzene rings is 1. The lowest BCUT2D eigenvalue weighted by Crippen LogP contribution is -2.38. The van der Waals surface area contributed by atoms with Gasteiger partial charge in [-0.05, 0) is 44.1 Å². The van der Waals surface area contributed by atoms with Gasteiger partial charge in [0.15, 0.2) is 11.5 Å². The highest BCUT2D eigenvalue weighted by Gasteiger charge is 2.24. The maximum atomic E-state index is 9.54. The van der Waals surface area contributed by atoms with E-state index in [4.69, 9.17) is 9.47 Å². The minimum Gasteiger partial charge on any atom is -0.493 e. The van der Waals surface area contributed by atoms with Gasteiger partial charge in [-0.1, -0.05) is 19.9 Å². The van der Waals surface area contributed by atoms with E-state index in [2.05, 4.69) is 11.9 Å². The fourth-order valence-electron chi connectivity index (χ4n) is 2.68. The van der Waals surface area contributed by atoms with E-state index in [0.717, 1.165) is 43.0 Å². The Balaban J connectivity index is 2.21. The third-order valence-corrected chi connectivity index (χ3v) is 4.22. The molecule has 0 radical (unpaired) electrons. The average Bonchev–Trinajstić information content (AvgIpc) is 2.47. The zero-order valence-corrected chi connectivity index (χ0v) is 13.6. The molecule has 1 saturated heterocycles. The normalized spacial score (nSPS) is 20.3. The summed E-state index contributed by atoms with van der Waals surface area (Å²) in [5, 5.41) is 9.54. The standard InChI is InChI=1S/C17H27NO3/c1-17(2,12-19)13-7-8-15(20-4)16(10-13)21-14-6-5-9-18(3)11-14/h7-8,10,14,19H,5-6,9,11-12H2,1-4H3. The number of rotatable bonds is 5. The Morgan fingerprint density at radius 3 is 2.71 bits per heavy atom. The van der Waals surface area contributed by atoms with E-state index in [1.54, 1.807) is 7.11 Å². The van der Waals surface area contributed by atoms with E-state index in [1.807, 2.05) is 32.0 Å². The van der Waals surface area contributed by atoms with Gasteiger partial charge in [0.2, 0.25) is 0 Å². The number of likely N-dealkylation sites (tertiary alicyclic amines) is 1. The average molecular weight is 293 g/mol. The Labute approximate surface area is 127 Å². The molecule has 2 rings (SSSR count). The summed E-state index contributed by atoms with van der Waals surface area (Å²) in [5.41, 5.74) is 0.776. The summed E-state index contributed by atoms with van der Waals surface area (Å²) < 4.78 is 11.6. The molecule has 1 N–H and O–H groups in total. The maximum absolute atomic E-state index is 9.54. The van der Waals surface area contributed by atoms with Crippen LogP contribution in [-0.2, 0) is 5.41 Å². The van der Waals surface area contributed by atoms with Gasteiger partial charge >= 0.3 is 0 Å². The molecule has 1 atom stereocenters. The summed E-state index contributed by atoms with van der Waals surface area (Å²) in [6, 6.07) is 5.92. The Morgan fingerprint density at radius 1 is 1.33 bits per heavy atom. The van der Waals surface area contributed by atoms with Crippen LogP contribution < -0.4 is 9.47 Å². The largest absolute Gasteiger partial charge is 0.493 e. The highest BCUT2D eigenvalue weighted by atomic mass is 16.5. The van der Waals surface area contributed by atoms with Crippen LogP contribution in [0.25, 0.3) is 0 Å². The van der Waals surface area contributed by atoms with Crippen molar-refractivity contribution in [3.8, 4) is 11.5 Å². The van der Waals surface area contributed by atoms with Crippen LogP contribution in [0.2, 0.25) is 0 Å². The van der Waals surface area contributed by atoms with Crippen molar-refractivity contribution in [3.05, 3.63) is 23.8 Å². The second-order valence-electron chi connectivity index (χ2n) is 6.55. The van der Waals surface area contributed by atoms with Crippen molar-refractivity contribution in [2.24, 2.45) is 0 Å². The van der Waals surface area contributed by atoms with Gasteiger partial charge in [0.05, 0.1) is 13.7 Å². The lowest BCUT2D eigenvalue weighted by molar-refractivity contribution is 0.101. The fraction of sp³-hybridized carbons (Fsp3) is 0.647. The van der Waals surface area contributed by atoms with Crippen molar-refractivity contribution in [1.82, 2.24) is 4.90 Å². The molecule has 0 spiro atoms. The number of nitrogens with zero attached hydrogens (tertiary/aromatic N) is 1.